The normalized spacial score (nSPS) is 10.4. The maximum atomic E-state index is 10.7. The van der Waals surface area contributed by atoms with Gasteiger partial charge in [-0.1, -0.05) is 11.6 Å². The molecule has 0 saturated heterocycles. The van der Waals surface area contributed by atoms with Crippen molar-refractivity contribution in [3.8, 4) is 11.3 Å². The number of aromatic nitrogens is 2. The zero-order valence-electron chi connectivity index (χ0n) is 8.49. The molecule has 0 atom stereocenters. The standard InChI is InChI=1S/C11H9ClN2O2/c1-6-2-7(4-8(12)3-6)9-5-10(11(15)16)14-13-9/h2-5H,1H3,(H,13,14)(H,15,16). The van der Waals surface area contributed by atoms with E-state index >= 15 is 0 Å². The van der Waals surface area contributed by atoms with Crippen molar-refractivity contribution >= 4 is 17.6 Å². The van der Waals surface area contributed by atoms with Crippen LogP contribution >= 0.6 is 11.6 Å². The quantitative estimate of drug-likeness (QED) is 0.843. The summed E-state index contributed by atoms with van der Waals surface area (Å²) in [6, 6.07) is 6.95. The van der Waals surface area contributed by atoms with Crippen molar-refractivity contribution in [3.05, 3.63) is 40.5 Å². The molecule has 5 heteroatoms. The highest BCUT2D eigenvalue weighted by Crippen LogP contribution is 2.23. The fourth-order valence-corrected chi connectivity index (χ4v) is 1.75. The van der Waals surface area contributed by atoms with Crippen LogP contribution in [0.4, 0.5) is 0 Å². The summed E-state index contributed by atoms with van der Waals surface area (Å²) in [4.78, 5) is 10.7. The number of carbonyl (C=O) groups is 1. The van der Waals surface area contributed by atoms with E-state index in [1.165, 1.54) is 6.07 Å². The molecule has 0 bridgehead atoms. The molecule has 0 aliphatic heterocycles. The van der Waals surface area contributed by atoms with Gasteiger partial charge in [-0.05, 0) is 36.8 Å². The second-order valence-corrected chi connectivity index (χ2v) is 3.93. The number of aromatic carboxylic acids is 1. The Morgan fingerprint density at radius 2 is 2.12 bits per heavy atom. The van der Waals surface area contributed by atoms with Gasteiger partial charge in [-0.2, -0.15) is 5.10 Å². The van der Waals surface area contributed by atoms with E-state index < -0.39 is 5.97 Å². The fourth-order valence-electron chi connectivity index (χ4n) is 1.46. The monoisotopic (exact) mass is 236 g/mol. The van der Waals surface area contributed by atoms with Crippen molar-refractivity contribution < 1.29 is 9.90 Å². The number of aromatic amines is 1. The van der Waals surface area contributed by atoms with Crippen molar-refractivity contribution in [1.29, 1.82) is 0 Å². The highest BCUT2D eigenvalue weighted by Gasteiger charge is 2.09. The van der Waals surface area contributed by atoms with Gasteiger partial charge in [0.05, 0.1) is 5.69 Å². The first-order valence-electron chi connectivity index (χ1n) is 4.62. The molecule has 0 radical (unpaired) electrons. The predicted octanol–water partition coefficient (Wildman–Crippen LogP) is 2.74. The fraction of sp³-hybridized carbons (Fsp3) is 0.0909. The smallest absolute Gasteiger partial charge is 0.353 e. The van der Waals surface area contributed by atoms with E-state index in [9.17, 15) is 4.79 Å². The minimum absolute atomic E-state index is 0.0626. The minimum Gasteiger partial charge on any atom is -0.477 e. The molecule has 0 spiro atoms. The summed E-state index contributed by atoms with van der Waals surface area (Å²) in [6.45, 7) is 1.92. The number of aryl methyl sites for hydroxylation is 1. The van der Waals surface area contributed by atoms with Crippen LogP contribution in [0.1, 0.15) is 16.1 Å². The highest BCUT2D eigenvalue weighted by atomic mass is 35.5. The summed E-state index contributed by atoms with van der Waals surface area (Å²) in [6.07, 6.45) is 0. The van der Waals surface area contributed by atoms with E-state index in [-0.39, 0.29) is 5.69 Å². The molecule has 1 aromatic heterocycles. The number of hydrogen-bond acceptors (Lipinski definition) is 2. The van der Waals surface area contributed by atoms with Gasteiger partial charge < -0.3 is 5.11 Å². The molecule has 0 fully saturated rings. The van der Waals surface area contributed by atoms with Gasteiger partial charge in [0, 0.05) is 10.6 Å². The van der Waals surface area contributed by atoms with Crippen molar-refractivity contribution in [2.24, 2.45) is 0 Å². The van der Waals surface area contributed by atoms with E-state index in [2.05, 4.69) is 10.2 Å². The molecule has 82 valence electrons. The molecule has 0 unspecified atom stereocenters. The third kappa shape index (κ3) is 2.06. The van der Waals surface area contributed by atoms with Gasteiger partial charge in [-0.3, -0.25) is 5.10 Å². The Labute approximate surface area is 96.9 Å². The molecule has 2 aromatic rings. The maximum absolute atomic E-state index is 10.7. The van der Waals surface area contributed by atoms with Crippen molar-refractivity contribution in [3.63, 3.8) is 0 Å². The third-order valence-electron chi connectivity index (χ3n) is 2.15. The molecule has 1 heterocycles. The van der Waals surface area contributed by atoms with Gasteiger partial charge in [0.1, 0.15) is 5.69 Å². The zero-order chi connectivity index (χ0) is 11.7. The second-order valence-electron chi connectivity index (χ2n) is 3.49. The minimum atomic E-state index is -1.03. The molecule has 1 aromatic carbocycles. The van der Waals surface area contributed by atoms with Crippen LogP contribution in [-0.2, 0) is 0 Å². The van der Waals surface area contributed by atoms with Gasteiger partial charge in [-0.15, -0.1) is 0 Å². The molecule has 0 aliphatic rings. The van der Waals surface area contributed by atoms with Crippen molar-refractivity contribution in [2.45, 2.75) is 6.92 Å². The van der Waals surface area contributed by atoms with Crippen LogP contribution in [0.25, 0.3) is 11.3 Å². The Morgan fingerprint density at radius 3 is 2.69 bits per heavy atom. The average molecular weight is 237 g/mol. The van der Waals surface area contributed by atoms with Crippen LogP contribution in [0.2, 0.25) is 5.02 Å². The molecule has 0 aliphatic carbocycles. The number of carboxylic acids is 1. The zero-order valence-corrected chi connectivity index (χ0v) is 9.25. The Bertz CT molecular complexity index is 528. The number of benzene rings is 1. The third-order valence-corrected chi connectivity index (χ3v) is 2.36. The Hall–Kier alpha value is -1.81. The van der Waals surface area contributed by atoms with E-state index in [1.54, 1.807) is 6.07 Å². The Morgan fingerprint density at radius 1 is 1.38 bits per heavy atom. The van der Waals surface area contributed by atoms with Crippen LogP contribution in [0, 0.1) is 6.92 Å². The van der Waals surface area contributed by atoms with Crippen molar-refractivity contribution in [1.82, 2.24) is 10.2 Å². The average Bonchev–Trinajstić information content (AvgIpc) is 2.64. The van der Waals surface area contributed by atoms with Gasteiger partial charge in [0.25, 0.3) is 0 Å². The number of nitrogens with one attached hydrogen (secondary N) is 1. The Balaban J connectivity index is 2.46. The first-order valence-corrected chi connectivity index (χ1v) is 5.00. The largest absolute Gasteiger partial charge is 0.477 e. The number of carboxylic acid groups (broad SMARTS) is 1. The molecule has 0 saturated carbocycles. The van der Waals surface area contributed by atoms with E-state index in [0.29, 0.717) is 10.7 Å². The van der Waals surface area contributed by atoms with Crippen LogP contribution in [0.3, 0.4) is 0 Å². The topological polar surface area (TPSA) is 66.0 Å². The molecule has 0 amide bonds. The number of H-pyrrole nitrogens is 1. The lowest BCUT2D eigenvalue weighted by molar-refractivity contribution is 0.0690. The van der Waals surface area contributed by atoms with E-state index in [1.807, 2.05) is 19.1 Å². The highest BCUT2D eigenvalue weighted by molar-refractivity contribution is 6.30. The summed E-state index contributed by atoms with van der Waals surface area (Å²) in [5.74, 6) is -1.03. The lowest BCUT2D eigenvalue weighted by atomic mass is 10.1. The molecular weight excluding hydrogens is 228 g/mol. The van der Waals surface area contributed by atoms with Crippen LogP contribution < -0.4 is 0 Å². The van der Waals surface area contributed by atoms with E-state index in [4.69, 9.17) is 16.7 Å². The summed E-state index contributed by atoms with van der Waals surface area (Å²) >= 11 is 5.92. The van der Waals surface area contributed by atoms with Gasteiger partial charge in [-0.25, -0.2) is 4.79 Å². The summed E-state index contributed by atoms with van der Waals surface area (Å²) in [5, 5.41) is 15.7. The maximum Gasteiger partial charge on any atom is 0.353 e. The molecule has 4 nitrogen and oxygen atoms in total. The SMILES string of the molecule is Cc1cc(Cl)cc(-c2cc(C(=O)O)[nH]n2)c1. The summed E-state index contributed by atoms with van der Waals surface area (Å²) in [7, 11) is 0. The van der Waals surface area contributed by atoms with Gasteiger partial charge in [0.15, 0.2) is 0 Å². The van der Waals surface area contributed by atoms with Crippen LogP contribution in [0.5, 0.6) is 0 Å². The van der Waals surface area contributed by atoms with Gasteiger partial charge >= 0.3 is 5.97 Å². The molecule has 2 N–H and O–H groups in total. The lowest BCUT2D eigenvalue weighted by Crippen LogP contribution is -1.95. The number of hydrogen-bond donors (Lipinski definition) is 2. The van der Waals surface area contributed by atoms with Crippen LogP contribution in [-0.4, -0.2) is 21.3 Å². The lowest BCUT2D eigenvalue weighted by Gasteiger charge is -1.99. The number of halogens is 1. The molecular formula is C11H9ClN2O2. The van der Waals surface area contributed by atoms with Gasteiger partial charge in [0.2, 0.25) is 0 Å². The van der Waals surface area contributed by atoms with Crippen molar-refractivity contribution in [2.75, 3.05) is 0 Å². The second kappa shape index (κ2) is 3.98. The summed E-state index contributed by atoms with van der Waals surface area (Å²) < 4.78 is 0. The molecule has 16 heavy (non-hydrogen) atoms. The number of rotatable bonds is 2. The first-order chi connectivity index (χ1) is 7.56. The van der Waals surface area contributed by atoms with E-state index in [0.717, 1.165) is 11.1 Å². The summed E-state index contributed by atoms with van der Waals surface area (Å²) in [5.41, 5.74) is 2.44. The molecule has 2 rings (SSSR count). The first kappa shape index (κ1) is 10.7. The predicted molar refractivity (Wildman–Crippen MR) is 60.7 cm³/mol. The number of nitrogens with zero attached hydrogens (tertiary/aromatic N) is 1. The Kier molecular flexibility index (Phi) is 2.66. The van der Waals surface area contributed by atoms with Crippen LogP contribution in [0.15, 0.2) is 24.3 Å².